The number of hydrogen-bond donors (Lipinski definition) is 2. The van der Waals surface area contributed by atoms with Gasteiger partial charge in [-0.25, -0.2) is 0 Å². The Bertz CT molecular complexity index is 661. The fourth-order valence-corrected chi connectivity index (χ4v) is 3.77. The zero-order chi connectivity index (χ0) is 16.1. The van der Waals surface area contributed by atoms with Crippen LogP contribution in [0.2, 0.25) is 0 Å². The molecular weight excluding hydrogens is 280 g/mol. The highest BCUT2D eigenvalue weighted by Gasteiger charge is 2.22. The van der Waals surface area contributed by atoms with E-state index in [1.54, 1.807) is 11.1 Å². The Morgan fingerprint density at radius 1 is 0.739 bits per heavy atom. The van der Waals surface area contributed by atoms with Gasteiger partial charge in [-0.2, -0.15) is 0 Å². The Kier molecular flexibility index (Phi) is 5.47. The molecule has 2 nitrogen and oxygen atoms in total. The van der Waals surface area contributed by atoms with Crippen LogP contribution in [0.15, 0.2) is 36.4 Å². The van der Waals surface area contributed by atoms with Crippen molar-refractivity contribution in [3.63, 3.8) is 0 Å². The van der Waals surface area contributed by atoms with Crippen molar-refractivity contribution in [1.29, 1.82) is 0 Å². The Labute approximate surface area is 139 Å². The van der Waals surface area contributed by atoms with Crippen LogP contribution in [0, 0.1) is 0 Å². The van der Waals surface area contributed by atoms with Crippen LogP contribution in [0.4, 0.5) is 0 Å². The number of rotatable bonds is 8. The smallest absolute Gasteiger partial charge is 0.00106 e. The van der Waals surface area contributed by atoms with Crippen molar-refractivity contribution in [3.05, 3.63) is 58.7 Å². The number of nitrogens with two attached hydrogens (primary N) is 2. The highest BCUT2D eigenvalue weighted by molar-refractivity contribution is 5.78. The van der Waals surface area contributed by atoms with Crippen LogP contribution in [-0.4, -0.2) is 13.1 Å². The zero-order valence-electron chi connectivity index (χ0n) is 14.0. The fraction of sp³-hybridized carbons (Fsp3) is 0.429. The molecule has 3 rings (SSSR count). The number of hydrogen-bond acceptors (Lipinski definition) is 2. The molecule has 0 heterocycles. The second-order valence-electron chi connectivity index (χ2n) is 6.55. The van der Waals surface area contributed by atoms with Crippen LogP contribution >= 0.6 is 0 Å². The summed E-state index contributed by atoms with van der Waals surface area (Å²) in [6.45, 7) is 1.58. The Hall–Kier alpha value is -1.64. The standard InChI is InChI=1S/C21H28N2/c22-13-5-3-7-16-11-12-20-19-9-2-1-8-17(19)15-21(20)18(16)10-4-6-14-23/h1-2,8-9,11-12H,3-7,10,13-15,22-23H2. The Morgan fingerprint density at radius 2 is 1.48 bits per heavy atom. The van der Waals surface area contributed by atoms with E-state index in [0.29, 0.717) is 0 Å². The average Bonchev–Trinajstić information content (AvgIpc) is 2.95. The number of unbranched alkanes of at least 4 members (excludes halogenated alkanes) is 2. The van der Waals surface area contributed by atoms with E-state index >= 15 is 0 Å². The number of fused-ring (bicyclic) bond motifs is 3. The fourth-order valence-electron chi connectivity index (χ4n) is 3.77. The van der Waals surface area contributed by atoms with Crippen LogP contribution in [0.1, 0.15) is 47.9 Å². The molecule has 0 radical (unpaired) electrons. The van der Waals surface area contributed by atoms with E-state index in [1.807, 2.05) is 0 Å². The summed E-state index contributed by atoms with van der Waals surface area (Å²) in [7, 11) is 0. The van der Waals surface area contributed by atoms with Crippen molar-refractivity contribution in [2.45, 2.75) is 44.9 Å². The summed E-state index contributed by atoms with van der Waals surface area (Å²) in [5, 5.41) is 0. The largest absolute Gasteiger partial charge is 0.330 e. The summed E-state index contributed by atoms with van der Waals surface area (Å²) >= 11 is 0. The van der Waals surface area contributed by atoms with Gasteiger partial charge in [0.1, 0.15) is 0 Å². The van der Waals surface area contributed by atoms with E-state index in [1.165, 1.54) is 35.1 Å². The molecule has 0 aliphatic heterocycles. The van der Waals surface area contributed by atoms with Gasteiger partial charge in [-0.1, -0.05) is 36.4 Å². The van der Waals surface area contributed by atoms with Gasteiger partial charge in [0.15, 0.2) is 0 Å². The van der Waals surface area contributed by atoms with Crippen molar-refractivity contribution in [2.24, 2.45) is 11.5 Å². The number of aryl methyl sites for hydroxylation is 1. The second-order valence-corrected chi connectivity index (χ2v) is 6.55. The summed E-state index contributed by atoms with van der Waals surface area (Å²) in [6.07, 6.45) is 8.00. The molecule has 0 bridgehead atoms. The SMILES string of the molecule is NCCCCc1ccc2c(c1CCCCN)Cc1ccccc1-2. The molecule has 0 unspecified atom stereocenters. The second kappa shape index (κ2) is 7.76. The highest BCUT2D eigenvalue weighted by Crippen LogP contribution is 2.40. The highest BCUT2D eigenvalue weighted by atomic mass is 14.5. The quantitative estimate of drug-likeness (QED) is 0.622. The van der Waals surface area contributed by atoms with Gasteiger partial charge in [-0.05, 0) is 91.4 Å². The van der Waals surface area contributed by atoms with Gasteiger partial charge in [0.2, 0.25) is 0 Å². The lowest BCUT2D eigenvalue weighted by Crippen LogP contribution is -2.05. The molecule has 122 valence electrons. The molecule has 2 heteroatoms. The minimum Gasteiger partial charge on any atom is -0.330 e. The van der Waals surface area contributed by atoms with E-state index in [-0.39, 0.29) is 0 Å². The summed E-state index contributed by atoms with van der Waals surface area (Å²) in [5.41, 5.74) is 20.4. The van der Waals surface area contributed by atoms with E-state index in [9.17, 15) is 0 Å². The van der Waals surface area contributed by atoms with Crippen LogP contribution in [0.3, 0.4) is 0 Å². The first kappa shape index (κ1) is 16.2. The zero-order valence-corrected chi connectivity index (χ0v) is 14.0. The van der Waals surface area contributed by atoms with Crippen molar-refractivity contribution >= 4 is 0 Å². The summed E-state index contributed by atoms with van der Waals surface area (Å²) < 4.78 is 0. The lowest BCUT2D eigenvalue weighted by atomic mass is 9.90. The Balaban J connectivity index is 1.91. The molecular formula is C21H28N2. The van der Waals surface area contributed by atoms with E-state index in [0.717, 1.165) is 45.2 Å². The molecule has 1 aliphatic rings. The maximum absolute atomic E-state index is 5.70. The van der Waals surface area contributed by atoms with Gasteiger partial charge < -0.3 is 11.5 Å². The molecule has 0 saturated heterocycles. The van der Waals surface area contributed by atoms with Crippen molar-refractivity contribution in [3.8, 4) is 11.1 Å². The average molecular weight is 308 g/mol. The maximum atomic E-state index is 5.70. The predicted molar refractivity (Wildman–Crippen MR) is 98.7 cm³/mol. The van der Waals surface area contributed by atoms with Gasteiger partial charge in [0, 0.05) is 0 Å². The topological polar surface area (TPSA) is 52.0 Å². The third-order valence-electron chi connectivity index (χ3n) is 4.98. The molecule has 2 aromatic rings. The molecule has 0 atom stereocenters. The van der Waals surface area contributed by atoms with Gasteiger partial charge in [0.25, 0.3) is 0 Å². The molecule has 4 N–H and O–H groups in total. The Morgan fingerprint density at radius 3 is 2.26 bits per heavy atom. The lowest BCUT2D eigenvalue weighted by molar-refractivity contribution is 0.714. The van der Waals surface area contributed by atoms with E-state index in [4.69, 9.17) is 11.5 Å². The molecule has 0 spiro atoms. The van der Waals surface area contributed by atoms with E-state index < -0.39 is 0 Å². The van der Waals surface area contributed by atoms with Crippen molar-refractivity contribution in [2.75, 3.05) is 13.1 Å². The summed E-state index contributed by atoms with van der Waals surface area (Å²) in [4.78, 5) is 0. The van der Waals surface area contributed by atoms with Gasteiger partial charge in [-0.3, -0.25) is 0 Å². The van der Waals surface area contributed by atoms with E-state index in [2.05, 4.69) is 36.4 Å². The minimum absolute atomic E-state index is 0.789. The normalized spacial score (nSPS) is 12.3. The van der Waals surface area contributed by atoms with Crippen LogP contribution in [-0.2, 0) is 19.3 Å². The molecule has 0 aromatic heterocycles. The number of benzene rings is 2. The maximum Gasteiger partial charge on any atom is -0.00106 e. The van der Waals surface area contributed by atoms with Crippen LogP contribution in [0.25, 0.3) is 11.1 Å². The molecule has 0 amide bonds. The van der Waals surface area contributed by atoms with Crippen LogP contribution in [0.5, 0.6) is 0 Å². The molecule has 1 aliphatic carbocycles. The summed E-state index contributed by atoms with van der Waals surface area (Å²) in [6, 6.07) is 13.5. The van der Waals surface area contributed by atoms with Gasteiger partial charge in [-0.15, -0.1) is 0 Å². The molecule has 2 aromatic carbocycles. The first-order chi connectivity index (χ1) is 11.3. The molecule has 0 fully saturated rings. The van der Waals surface area contributed by atoms with Gasteiger partial charge in [0.05, 0.1) is 0 Å². The predicted octanol–water partition coefficient (Wildman–Crippen LogP) is 3.82. The third kappa shape index (κ3) is 3.49. The first-order valence-electron chi connectivity index (χ1n) is 8.97. The molecule has 0 saturated carbocycles. The molecule has 23 heavy (non-hydrogen) atoms. The van der Waals surface area contributed by atoms with Gasteiger partial charge >= 0.3 is 0 Å². The first-order valence-corrected chi connectivity index (χ1v) is 8.97. The monoisotopic (exact) mass is 308 g/mol. The minimum atomic E-state index is 0.789. The third-order valence-corrected chi connectivity index (χ3v) is 4.98. The lowest BCUT2D eigenvalue weighted by Gasteiger charge is -2.15. The van der Waals surface area contributed by atoms with Crippen LogP contribution < -0.4 is 11.5 Å². The van der Waals surface area contributed by atoms with Crippen molar-refractivity contribution in [1.82, 2.24) is 0 Å². The van der Waals surface area contributed by atoms with Crippen molar-refractivity contribution < 1.29 is 0 Å². The summed E-state index contributed by atoms with van der Waals surface area (Å²) in [5.74, 6) is 0.